The van der Waals surface area contributed by atoms with Crippen molar-refractivity contribution in [2.75, 3.05) is 5.32 Å². The first kappa shape index (κ1) is 13.8. The number of nitrogens with two attached hydrogens (primary N) is 1. The molecule has 5 heteroatoms. The first-order chi connectivity index (χ1) is 8.56. The fourth-order valence-electron chi connectivity index (χ4n) is 1.56. The molecule has 0 spiro atoms. The van der Waals surface area contributed by atoms with Crippen molar-refractivity contribution < 1.29 is 0 Å². The van der Waals surface area contributed by atoms with Crippen LogP contribution in [0.4, 0.5) is 11.4 Å². The Morgan fingerprint density at radius 2 is 2.00 bits per heavy atom. The van der Waals surface area contributed by atoms with Gasteiger partial charge in [-0.1, -0.05) is 34.2 Å². The van der Waals surface area contributed by atoms with Crippen molar-refractivity contribution in [3.8, 4) is 0 Å². The molecule has 0 radical (unpaired) electrons. The maximum absolute atomic E-state index is 5.72. The van der Waals surface area contributed by atoms with E-state index in [9.17, 15) is 0 Å². The van der Waals surface area contributed by atoms with E-state index < -0.39 is 0 Å². The van der Waals surface area contributed by atoms with Gasteiger partial charge < -0.3 is 11.1 Å². The summed E-state index contributed by atoms with van der Waals surface area (Å²) < 4.78 is 2.15. The number of halogens is 2. The van der Waals surface area contributed by atoms with Crippen LogP contribution in [0.1, 0.15) is 5.56 Å². The molecule has 0 fully saturated rings. The SMILES string of the molecule is NC(=S)c1ccc(Br)cc1Nc1cccc(I)c1. The molecule has 0 aliphatic heterocycles. The van der Waals surface area contributed by atoms with Crippen molar-refractivity contribution in [1.29, 1.82) is 0 Å². The van der Waals surface area contributed by atoms with Crippen molar-refractivity contribution in [3.63, 3.8) is 0 Å². The lowest BCUT2D eigenvalue weighted by molar-refractivity contribution is 1.50. The predicted molar refractivity (Wildman–Crippen MR) is 92.5 cm³/mol. The van der Waals surface area contributed by atoms with Crippen molar-refractivity contribution >= 4 is 67.1 Å². The van der Waals surface area contributed by atoms with Crippen LogP contribution in [0.15, 0.2) is 46.9 Å². The number of rotatable bonds is 3. The van der Waals surface area contributed by atoms with Gasteiger partial charge in [0, 0.05) is 25.0 Å². The largest absolute Gasteiger partial charge is 0.389 e. The molecule has 0 atom stereocenters. The molecule has 2 rings (SSSR count). The Morgan fingerprint density at radius 1 is 1.22 bits per heavy atom. The second-order valence-electron chi connectivity index (χ2n) is 3.69. The Morgan fingerprint density at radius 3 is 2.67 bits per heavy atom. The molecule has 0 heterocycles. The third-order valence-electron chi connectivity index (χ3n) is 2.35. The number of thiocarbonyl (C=S) groups is 1. The molecule has 0 aliphatic rings. The summed E-state index contributed by atoms with van der Waals surface area (Å²) in [5, 5.41) is 3.33. The van der Waals surface area contributed by atoms with Gasteiger partial charge in [0.05, 0.1) is 0 Å². The van der Waals surface area contributed by atoms with Gasteiger partial charge in [-0.25, -0.2) is 0 Å². The molecule has 2 aromatic rings. The number of nitrogens with one attached hydrogen (secondary N) is 1. The van der Waals surface area contributed by atoms with Crippen LogP contribution in [-0.2, 0) is 0 Å². The van der Waals surface area contributed by atoms with Crippen LogP contribution in [0, 0.1) is 3.57 Å². The summed E-state index contributed by atoms with van der Waals surface area (Å²) in [5.41, 5.74) is 8.48. The number of hydrogen-bond acceptors (Lipinski definition) is 2. The van der Waals surface area contributed by atoms with E-state index in [4.69, 9.17) is 18.0 Å². The van der Waals surface area contributed by atoms with Crippen LogP contribution in [0.3, 0.4) is 0 Å². The summed E-state index contributed by atoms with van der Waals surface area (Å²) in [7, 11) is 0. The topological polar surface area (TPSA) is 38.0 Å². The molecule has 2 nitrogen and oxygen atoms in total. The molecule has 0 unspecified atom stereocenters. The maximum atomic E-state index is 5.72. The molecule has 0 saturated heterocycles. The lowest BCUT2D eigenvalue weighted by Crippen LogP contribution is -2.11. The molecular formula is C13H10BrIN2S. The minimum atomic E-state index is 0.385. The highest BCUT2D eigenvalue weighted by Crippen LogP contribution is 2.25. The van der Waals surface area contributed by atoms with E-state index in [1.807, 2.05) is 36.4 Å². The van der Waals surface area contributed by atoms with Gasteiger partial charge in [0.2, 0.25) is 0 Å². The average Bonchev–Trinajstić information content (AvgIpc) is 2.28. The summed E-state index contributed by atoms with van der Waals surface area (Å²) in [6.07, 6.45) is 0. The van der Waals surface area contributed by atoms with Gasteiger partial charge in [-0.15, -0.1) is 0 Å². The molecule has 0 bridgehead atoms. The summed E-state index contributed by atoms with van der Waals surface area (Å²) in [4.78, 5) is 0.385. The van der Waals surface area contributed by atoms with Crippen molar-refractivity contribution in [1.82, 2.24) is 0 Å². The van der Waals surface area contributed by atoms with Crippen LogP contribution >= 0.6 is 50.7 Å². The maximum Gasteiger partial charge on any atom is 0.106 e. The Balaban J connectivity index is 2.39. The number of anilines is 2. The van der Waals surface area contributed by atoms with Crippen molar-refractivity contribution in [3.05, 3.63) is 56.1 Å². The lowest BCUT2D eigenvalue weighted by atomic mass is 10.1. The molecule has 0 aromatic heterocycles. The number of hydrogen-bond donors (Lipinski definition) is 2. The van der Waals surface area contributed by atoms with Gasteiger partial charge >= 0.3 is 0 Å². The van der Waals surface area contributed by atoms with Crippen molar-refractivity contribution in [2.24, 2.45) is 5.73 Å². The zero-order valence-corrected chi connectivity index (χ0v) is 13.8. The van der Waals surface area contributed by atoms with E-state index in [1.165, 1.54) is 3.57 Å². The molecule has 0 saturated carbocycles. The van der Waals surface area contributed by atoms with Gasteiger partial charge in [-0.3, -0.25) is 0 Å². The van der Waals surface area contributed by atoms with E-state index in [0.717, 1.165) is 21.4 Å². The van der Waals surface area contributed by atoms with Gasteiger partial charge in [-0.05, 0) is 59.0 Å². The first-order valence-corrected chi connectivity index (χ1v) is 7.46. The standard InChI is InChI=1S/C13H10BrIN2S/c14-8-4-5-11(13(16)18)12(6-8)17-10-3-1-2-9(15)7-10/h1-7,17H,(H2,16,18). The Bertz CT molecular complexity index is 601. The van der Waals surface area contributed by atoms with Crippen LogP contribution in [0.5, 0.6) is 0 Å². The quantitative estimate of drug-likeness (QED) is 0.556. The second-order valence-corrected chi connectivity index (χ2v) is 6.29. The summed E-state index contributed by atoms with van der Waals surface area (Å²) in [5.74, 6) is 0. The predicted octanol–water partition coefficient (Wildman–Crippen LogP) is 4.43. The minimum absolute atomic E-state index is 0.385. The highest BCUT2D eigenvalue weighted by molar-refractivity contribution is 14.1. The average molecular weight is 433 g/mol. The van der Waals surface area contributed by atoms with Crippen LogP contribution < -0.4 is 11.1 Å². The van der Waals surface area contributed by atoms with Gasteiger partial charge in [-0.2, -0.15) is 0 Å². The van der Waals surface area contributed by atoms with E-state index in [0.29, 0.717) is 4.99 Å². The lowest BCUT2D eigenvalue weighted by Gasteiger charge is -2.12. The molecule has 18 heavy (non-hydrogen) atoms. The van der Waals surface area contributed by atoms with Crippen LogP contribution in [-0.4, -0.2) is 4.99 Å². The molecule has 2 aromatic carbocycles. The molecule has 0 amide bonds. The fraction of sp³-hybridized carbons (Fsp3) is 0. The molecule has 92 valence electrons. The monoisotopic (exact) mass is 432 g/mol. The summed E-state index contributed by atoms with van der Waals surface area (Å²) in [6.45, 7) is 0. The van der Waals surface area contributed by atoms with E-state index >= 15 is 0 Å². The molecule has 3 N–H and O–H groups in total. The highest BCUT2D eigenvalue weighted by Gasteiger charge is 2.06. The summed E-state index contributed by atoms with van der Waals surface area (Å²) >= 11 is 10.8. The normalized spacial score (nSPS) is 10.1. The molecule has 0 aliphatic carbocycles. The zero-order chi connectivity index (χ0) is 13.1. The minimum Gasteiger partial charge on any atom is -0.389 e. The fourth-order valence-corrected chi connectivity index (χ4v) is 2.64. The first-order valence-electron chi connectivity index (χ1n) is 5.18. The smallest absolute Gasteiger partial charge is 0.106 e. The van der Waals surface area contributed by atoms with E-state index in [-0.39, 0.29) is 0 Å². The van der Waals surface area contributed by atoms with Crippen molar-refractivity contribution in [2.45, 2.75) is 0 Å². The second kappa shape index (κ2) is 5.99. The summed E-state index contributed by atoms with van der Waals surface area (Å²) in [6, 6.07) is 13.9. The van der Waals surface area contributed by atoms with E-state index in [2.05, 4.69) is 49.9 Å². The zero-order valence-electron chi connectivity index (χ0n) is 9.28. The number of benzene rings is 2. The van der Waals surface area contributed by atoms with E-state index in [1.54, 1.807) is 0 Å². The Kier molecular flexibility index (Phi) is 4.58. The van der Waals surface area contributed by atoms with Gasteiger partial charge in [0.25, 0.3) is 0 Å². The Hall–Kier alpha value is -0.660. The highest BCUT2D eigenvalue weighted by atomic mass is 127. The third-order valence-corrected chi connectivity index (χ3v) is 3.73. The van der Waals surface area contributed by atoms with Crippen LogP contribution in [0.25, 0.3) is 0 Å². The van der Waals surface area contributed by atoms with Gasteiger partial charge in [0.1, 0.15) is 4.99 Å². The Labute approximate surface area is 133 Å². The third kappa shape index (κ3) is 3.43. The molecular weight excluding hydrogens is 423 g/mol. The van der Waals surface area contributed by atoms with Gasteiger partial charge in [0.15, 0.2) is 0 Å². The van der Waals surface area contributed by atoms with Crippen LogP contribution in [0.2, 0.25) is 0 Å².